The van der Waals surface area contributed by atoms with Gasteiger partial charge in [-0.2, -0.15) is 0 Å². The van der Waals surface area contributed by atoms with Crippen molar-refractivity contribution in [2.45, 2.75) is 32.2 Å². The standard InChI is InChI=1S/C14H18ClN3O2/c1-9-6-10(8-11(15)7-9)14(19)18-5-3-2-4-12(18)13(16)17-20/h6-8,12,20H,2-5H2,1H3,(H2,16,17). The Bertz CT molecular complexity index is 525. The van der Waals surface area contributed by atoms with Crippen LogP contribution in [0.3, 0.4) is 0 Å². The number of benzene rings is 1. The Morgan fingerprint density at radius 2 is 2.20 bits per heavy atom. The molecule has 0 spiro atoms. The van der Waals surface area contributed by atoms with E-state index in [1.54, 1.807) is 23.1 Å². The predicted octanol–water partition coefficient (Wildman–Crippen LogP) is 2.39. The maximum atomic E-state index is 12.6. The molecule has 5 nitrogen and oxygen atoms in total. The van der Waals surface area contributed by atoms with Crippen molar-refractivity contribution in [2.24, 2.45) is 10.9 Å². The second-order valence-corrected chi connectivity index (χ2v) is 5.49. The van der Waals surface area contributed by atoms with Crippen LogP contribution in [-0.4, -0.2) is 34.4 Å². The van der Waals surface area contributed by atoms with Gasteiger partial charge in [-0.25, -0.2) is 0 Å². The van der Waals surface area contributed by atoms with Gasteiger partial charge in [-0.1, -0.05) is 16.8 Å². The number of likely N-dealkylation sites (tertiary alicyclic amines) is 1. The maximum Gasteiger partial charge on any atom is 0.254 e. The molecular weight excluding hydrogens is 278 g/mol. The molecule has 1 aliphatic heterocycles. The molecule has 108 valence electrons. The molecule has 1 saturated heterocycles. The molecule has 0 radical (unpaired) electrons. The molecule has 1 atom stereocenters. The zero-order chi connectivity index (χ0) is 14.7. The number of rotatable bonds is 2. The van der Waals surface area contributed by atoms with E-state index < -0.39 is 0 Å². The van der Waals surface area contributed by atoms with Crippen LogP contribution in [0.25, 0.3) is 0 Å². The number of hydrogen-bond acceptors (Lipinski definition) is 3. The lowest BCUT2D eigenvalue weighted by molar-refractivity contribution is 0.0676. The van der Waals surface area contributed by atoms with Crippen LogP contribution in [0.2, 0.25) is 5.02 Å². The number of hydrogen-bond donors (Lipinski definition) is 2. The van der Waals surface area contributed by atoms with Crippen LogP contribution in [0.4, 0.5) is 0 Å². The molecule has 0 bridgehead atoms. The van der Waals surface area contributed by atoms with Gasteiger partial charge < -0.3 is 15.8 Å². The first kappa shape index (κ1) is 14.7. The summed E-state index contributed by atoms with van der Waals surface area (Å²) in [6.45, 7) is 2.49. The third kappa shape index (κ3) is 3.04. The summed E-state index contributed by atoms with van der Waals surface area (Å²) >= 11 is 6.00. The summed E-state index contributed by atoms with van der Waals surface area (Å²) in [4.78, 5) is 14.3. The molecule has 20 heavy (non-hydrogen) atoms. The molecule has 1 aliphatic rings. The van der Waals surface area contributed by atoms with Gasteiger partial charge >= 0.3 is 0 Å². The summed E-state index contributed by atoms with van der Waals surface area (Å²) in [5.74, 6) is -0.0521. The molecule has 3 N–H and O–H groups in total. The lowest BCUT2D eigenvalue weighted by atomic mass is 9.99. The van der Waals surface area contributed by atoms with Crippen LogP contribution in [0.1, 0.15) is 35.2 Å². The zero-order valence-corrected chi connectivity index (χ0v) is 12.1. The molecule has 0 saturated carbocycles. The van der Waals surface area contributed by atoms with E-state index in [9.17, 15) is 4.79 Å². The highest BCUT2D eigenvalue weighted by atomic mass is 35.5. The van der Waals surface area contributed by atoms with E-state index in [0.717, 1.165) is 18.4 Å². The van der Waals surface area contributed by atoms with Gasteiger partial charge in [0.2, 0.25) is 0 Å². The van der Waals surface area contributed by atoms with Crippen molar-refractivity contribution in [3.8, 4) is 0 Å². The van der Waals surface area contributed by atoms with Gasteiger partial charge in [0.15, 0.2) is 5.84 Å². The Morgan fingerprint density at radius 1 is 1.45 bits per heavy atom. The van der Waals surface area contributed by atoms with Crippen molar-refractivity contribution in [1.29, 1.82) is 0 Å². The smallest absolute Gasteiger partial charge is 0.254 e. The first-order valence-electron chi connectivity index (χ1n) is 6.58. The molecule has 1 aromatic carbocycles. The number of nitrogens with zero attached hydrogens (tertiary/aromatic N) is 2. The van der Waals surface area contributed by atoms with Gasteiger partial charge in [-0.05, 0) is 49.9 Å². The van der Waals surface area contributed by atoms with Crippen LogP contribution in [0.5, 0.6) is 0 Å². The molecule has 6 heteroatoms. The molecule has 1 amide bonds. The number of carbonyl (C=O) groups excluding carboxylic acids is 1. The van der Waals surface area contributed by atoms with Gasteiger partial charge in [0.05, 0.1) is 6.04 Å². The third-order valence-corrected chi connectivity index (χ3v) is 3.73. The number of aryl methyl sites for hydroxylation is 1. The molecule has 0 aliphatic carbocycles. The molecule has 0 aromatic heterocycles. The largest absolute Gasteiger partial charge is 0.409 e. The quantitative estimate of drug-likeness (QED) is 0.380. The van der Waals surface area contributed by atoms with E-state index in [4.69, 9.17) is 22.5 Å². The summed E-state index contributed by atoms with van der Waals surface area (Å²) in [6.07, 6.45) is 2.58. The van der Waals surface area contributed by atoms with Crippen LogP contribution in [-0.2, 0) is 0 Å². The maximum absolute atomic E-state index is 12.6. The first-order valence-corrected chi connectivity index (χ1v) is 6.96. The highest BCUT2D eigenvalue weighted by Crippen LogP contribution is 2.22. The average Bonchev–Trinajstić information content (AvgIpc) is 2.44. The molecule has 1 fully saturated rings. The van der Waals surface area contributed by atoms with E-state index >= 15 is 0 Å². The molecular formula is C14H18ClN3O2. The van der Waals surface area contributed by atoms with Crippen LogP contribution in [0.15, 0.2) is 23.4 Å². The van der Waals surface area contributed by atoms with Gasteiger partial charge in [0.25, 0.3) is 5.91 Å². The van der Waals surface area contributed by atoms with Crippen LogP contribution >= 0.6 is 11.6 Å². The second kappa shape index (κ2) is 6.13. The molecule has 1 heterocycles. The topological polar surface area (TPSA) is 78.9 Å². The van der Waals surface area contributed by atoms with E-state index in [1.165, 1.54) is 0 Å². The Labute approximate surface area is 123 Å². The number of nitrogens with two attached hydrogens (primary N) is 1. The number of carbonyl (C=O) groups is 1. The van der Waals surface area contributed by atoms with Gasteiger partial charge in [-0.15, -0.1) is 0 Å². The normalized spacial score (nSPS) is 20.0. The summed E-state index contributed by atoms with van der Waals surface area (Å²) in [6, 6.07) is 4.90. The van der Waals surface area contributed by atoms with E-state index in [0.29, 0.717) is 23.6 Å². The number of amidine groups is 1. The number of piperidine rings is 1. The highest BCUT2D eigenvalue weighted by molar-refractivity contribution is 6.31. The number of oxime groups is 1. The zero-order valence-electron chi connectivity index (χ0n) is 11.3. The first-order chi connectivity index (χ1) is 9.52. The van der Waals surface area contributed by atoms with Crippen molar-refractivity contribution >= 4 is 23.3 Å². The number of amides is 1. The lowest BCUT2D eigenvalue weighted by Crippen LogP contribution is -2.50. The Kier molecular flexibility index (Phi) is 4.49. The molecule has 1 unspecified atom stereocenters. The fourth-order valence-corrected chi connectivity index (χ4v) is 2.86. The van der Waals surface area contributed by atoms with Crippen molar-refractivity contribution in [3.05, 3.63) is 34.3 Å². The fraction of sp³-hybridized carbons (Fsp3) is 0.429. The van der Waals surface area contributed by atoms with Crippen LogP contribution in [0, 0.1) is 6.92 Å². The monoisotopic (exact) mass is 295 g/mol. The fourth-order valence-electron chi connectivity index (χ4n) is 2.57. The van der Waals surface area contributed by atoms with E-state index in [1.807, 2.05) is 6.92 Å². The summed E-state index contributed by atoms with van der Waals surface area (Å²) < 4.78 is 0. The summed E-state index contributed by atoms with van der Waals surface area (Å²) in [5.41, 5.74) is 7.16. The Morgan fingerprint density at radius 3 is 2.85 bits per heavy atom. The van der Waals surface area contributed by atoms with E-state index in [-0.39, 0.29) is 17.8 Å². The van der Waals surface area contributed by atoms with Crippen molar-refractivity contribution in [2.75, 3.05) is 6.54 Å². The second-order valence-electron chi connectivity index (χ2n) is 5.05. The SMILES string of the molecule is Cc1cc(Cl)cc(C(=O)N2CCCCC2/C(N)=N/O)c1. The number of halogens is 1. The van der Waals surface area contributed by atoms with Crippen molar-refractivity contribution in [1.82, 2.24) is 4.90 Å². The van der Waals surface area contributed by atoms with Crippen molar-refractivity contribution in [3.63, 3.8) is 0 Å². The average molecular weight is 296 g/mol. The Balaban J connectivity index is 2.29. The predicted molar refractivity (Wildman–Crippen MR) is 78.3 cm³/mol. The summed E-state index contributed by atoms with van der Waals surface area (Å²) in [5, 5.41) is 12.4. The van der Waals surface area contributed by atoms with Gasteiger partial charge in [0.1, 0.15) is 0 Å². The molecule has 1 aromatic rings. The molecule has 2 rings (SSSR count). The van der Waals surface area contributed by atoms with Crippen LogP contribution < -0.4 is 5.73 Å². The Hall–Kier alpha value is -1.75. The lowest BCUT2D eigenvalue weighted by Gasteiger charge is -2.35. The highest BCUT2D eigenvalue weighted by Gasteiger charge is 2.30. The third-order valence-electron chi connectivity index (χ3n) is 3.51. The van der Waals surface area contributed by atoms with Crippen molar-refractivity contribution < 1.29 is 10.0 Å². The minimum absolute atomic E-state index is 0.0804. The van der Waals surface area contributed by atoms with Gasteiger partial charge in [-0.3, -0.25) is 4.79 Å². The van der Waals surface area contributed by atoms with E-state index in [2.05, 4.69) is 5.16 Å². The summed E-state index contributed by atoms with van der Waals surface area (Å²) in [7, 11) is 0. The van der Waals surface area contributed by atoms with Gasteiger partial charge in [0, 0.05) is 17.1 Å². The minimum Gasteiger partial charge on any atom is -0.409 e. The minimum atomic E-state index is -0.347.